The van der Waals surface area contributed by atoms with Crippen LogP contribution in [0.15, 0.2) is 72.8 Å². The molecule has 1 amide bonds. The summed E-state index contributed by atoms with van der Waals surface area (Å²) in [6.45, 7) is 1.94. The van der Waals surface area contributed by atoms with Gasteiger partial charge in [0.25, 0.3) is 0 Å². The van der Waals surface area contributed by atoms with E-state index in [1.54, 1.807) is 31.2 Å². The fraction of sp³-hybridized carbons (Fsp3) is 0.310. The van der Waals surface area contributed by atoms with Crippen LogP contribution in [-0.4, -0.2) is 36.2 Å². The second-order valence-corrected chi connectivity index (χ2v) is 10.0. The highest BCUT2D eigenvalue weighted by Crippen LogP contribution is 2.53. The van der Waals surface area contributed by atoms with Gasteiger partial charge in [-0.25, -0.2) is 8.78 Å². The lowest BCUT2D eigenvalue weighted by atomic mass is 9.71. The van der Waals surface area contributed by atoms with Gasteiger partial charge in [0, 0.05) is 30.0 Å². The molecule has 0 aliphatic carbocycles. The van der Waals surface area contributed by atoms with Gasteiger partial charge in [0.15, 0.2) is 0 Å². The molecule has 0 bridgehead atoms. The van der Waals surface area contributed by atoms with Crippen LogP contribution in [0.5, 0.6) is 0 Å². The van der Waals surface area contributed by atoms with Crippen LogP contribution in [0.2, 0.25) is 0 Å². The highest BCUT2D eigenvalue weighted by atomic mass is 19.4. The van der Waals surface area contributed by atoms with E-state index in [1.165, 1.54) is 29.2 Å². The molecule has 0 aromatic heterocycles. The number of rotatable bonds is 5. The lowest BCUT2D eigenvalue weighted by Crippen LogP contribution is -2.50. The summed E-state index contributed by atoms with van der Waals surface area (Å²) in [6, 6.07) is 16.7. The molecule has 0 N–H and O–H groups in total. The zero-order valence-corrected chi connectivity index (χ0v) is 21.0. The van der Waals surface area contributed by atoms with E-state index in [4.69, 9.17) is 5.26 Å². The van der Waals surface area contributed by atoms with Crippen molar-refractivity contribution >= 4 is 5.91 Å². The van der Waals surface area contributed by atoms with Crippen molar-refractivity contribution in [2.24, 2.45) is 0 Å². The summed E-state index contributed by atoms with van der Waals surface area (Å²) < 4.78 is 108. The molecule has 0 radical (unpaired) electrons. The highest BCUT2D eigenvalue weighted by molar-refractivity contribution is 5.79. The number of carbonyl (C=O) groups excluding carboxylic acids is 1. The third-order valence-electron chi connectivity index (χ3n) is 7.48. The van der Waals surface area contributed by atoms with E-state index >= 15 is 0 Å². The van der Waals surface area contributed by atoms with Gasteiger partial charge in [0.05, 0.1) is 18.1 Å². The van der Waals surface area contributed by atoms with Crippen molar-refractivity contribution in [3.05, 3.63) is 106 Å². The molecule has 1 heterocycles. The molecule has 4 rings (SSSR count). The zero-order valence-electron chi connectivity index (χ0n) is 21.0. The number of halogens is 8. The molecule has 1 saturated heterocycles. The fourth-order valence-electron chi connectivity index (χ4n) is 5.20. The van der Waals surface area contributed by atoms with Crippen LogP contribution < -0.4 is 0 Å². The number of nitriles is 1. The minimum absolute atomic E-state index is 0.0155. The molecular weight excluding hydrogens is 544 g/mol. The number of benzene rings is 3. The summed E-state index contributed by atoms with van der Waals surface area (Å²) in [4.78, 5) is 14.7. The summed E-state index contributed by atoms with van der Waals surface area (Å²) in [5.74, 6) is -1.43. The molecule has 1 fully saturated rings. The SMILES string of the molecule is C[C@]1(c2ccc(F)cc2)CN(C(=O)Cc2ccc(C#N)cc2)C[C@H]1c1ccc(C(F)(C(F)(F)F)C(F)(F)F)cc1. The van der Waals surface area contributed by atoms with Crippen molar-refractivity contribution in [1.29, 1.82) is 5.26 Å². The Morgan fingerprint density at radius 2 is 1.45 bits per heavy atom. The number of carbonyl (C=O) groups is 1. The van der Waals surface area contributed by atoms with Crippen molar-refractivity contribution < 1.29 is 39.9 Å². The topological polar surface area (TPSA) is 44.1 Å². The normalized spacial score (nSPS) is 19.9. The van der Waals surface area contributed by atoms with Crippen LogP contribution in [0.3, 0.4) is 0 Å². The van der Waals surface area contributed by atoms with Crippen molar-refractivity contribution in [2.45, 2.75) is 42.7 Å². The second-order valence-electron chi connectivity index (χ2n) is 10.0. The zero-order chi connectivity index (χ0) is 29.5. The maximum atomic E-state index is 14.6. The monoisotopic (exact) mass is 566 g/mol. The molecule has 3 aromatic rings. The first-order chi connectivity index (χ1) is 18.6. The van der Waals surface area contributed by atoms with Crippen molar-refractivity contribution in [2.75, 3.05) is 13.1 Å². The van der Waals surface area contributed by atoms with Crippen LogP contribution in [0, 0.1) is 17.1 Å². The lowest BCUT2D eigenvalue weighted by molar-refractivity contribution is -0.348. The van der Waals surface area contributed by atoms with E-state index in [0.29, 0.717) is 28.8 Å². The Morgan fingerprint density at radius 1 is 0.900 bits per heavy atom. The maximum absolute atomic E-state index is 14.6. The van der Waals surface area contributed by atoms with E-state index in [1.807, 2.05) is 6.07 Å². The molecule has 210 valence electrons. The van der Waals surface area contributed by atoms with E-state index in [9.17, 15) is 39.9 Å². The summed E-state index contributed by atoms with van der Waals surface area (Å²) >= 11 is 0. The van der Waals surface area contributed by atoms with Crippen molar-refractivity contribution in [3.63, 3.8) is 0 Å². The summed E-state index contributed by atoms with van der Waals surface area (Å²) in [5.41, 5.74) is -6.13. The fourth-order valence-corrected chi connectivity index (χ4v) is 5.20. The summed E-state index contributed by atoms with van der Waals surface area (Å²) in [6.07, 6.45) is -12.5. The summed E-state index contributed by atoms with van der Waals surface area (Å²) in [5, 5.41) is 8.96. The van der Waals surface area contributed by atoms with Gasteiger partial charge in [0.1, 0.15) is 5.82 Å². The van der Waals surface area contributed by atoms with Gasteiger partial charge >= 0.3 is 18.0 Å². The van der Waals surface area contributed by atoms with Gasteiger partial charge in [-0.1, -0.05) is 55.5 Å². The average molecular weight is 566 g/mol. The Hall–Kier alpha value is -3.94. The van der Waals surface area contributed by atoms with E-state index in [2.05, 4.69) is 0 Å². The molecule has 1 aliphatic rings. The van der Waals surface area contributed by atoms with E-state index < -0.39 is 40.7 Å². The van der Waals surface area contributed by atoms with Gasteiger partial charge in [-0.3, -0.25) is 4.79 Å². The molecule has 3 aromatic carbocycles. The Morgan fingerprint density at radius 3 is 1.95 bits per heavy atom. The van der Waals surface area contributed by atoms with E-state index in [0.717, 1.165) is 12.1 Å². The molecular formula is C29H22F8N2O. The Balaban J connectivity index is 1.69. The van der Waals surface area contributed by atoms with Crippen LogP contribution >= 0.6 is 0 Å². The van der Waals surface area contributed by atoms with Gasteiger partial charge < -0.3 is 4.90 Å². The molecule has 11 heteroatoms. The van der Waals surface area contributed by atoms with Gasteiger partial charge in [-0.15, -0.1) is 0 Å². The standard InChI is InChI=1S/C29H22F8N2O/c1-26(21-10-12-23(30)13-11-21)17-39(25(40)14-18-2-4-19(15-38)5-3-18)16-24(26)20-6-8-22(9-7-20)27(31,28(32,33)34)29(35,36)37/h2-13,24H,14,16-17H2,1H3/t24-,26+/m0/s1. The summed E-state index contributed by atoms with van der Waals surface area (Å²) in [7, 11) is 0. The van der Waals surface area contributed by atoms with Gasteiger partial charge in [0.2, 0.25) is 5.91 Å². The number of likely N-dealkylation sites (tertiary alicyclic amines) is 1. The number of alkyl halides is 7. The molecule has 0 spiro atoms. The van der Waals surface area contributed by atoms with Crippen LogP contribution in [-0.2, 0) is 22.3 Å². The third kappa shape index (κ3) is 5.15. The number of hydrogen-bond acceptors (Lipinski definition) is 2. The second kappa shape index (κ2) is 10.2. The van der Waals surface area contributed by atoms with Crippen LogP contribution in [0.4, 0.5) is 35.1 Å². The Labute approximate surface area is 224 Å². The average Bonchev–Trinajstić information content (AvgIpc) is 3.26. The Bertz CT molecular complexity index is 1390. The molecule has 40 heavy (non-hydrogen) atoms. The first-order valence-electron chi connectivity index (χ1n) is 12.1. The molecule has 2 atom stereocenters. The molecule has 1 aliphatic heterocycles. The number of nitrogens with zero attached hydrogens (tertiary/aromatic N) is 2. The molecule has 0 unspecified atom stereocenters. The Kier molecular flexibility index (Phi) is 7.43. The molecule has 0 saturated carbocycles. The predicted molar refractivity (Wildman–Crippen MR) is 129 cm³/mol. The lowest BCUT2D eigenvalue weighted by Gasteiger charge is -2.33. The minimum atomic E-state index is -6.24. The quantitative estimate of drug-likeness (QED) is 0.309. The van der Waals surface area contributed by atoms with Crippen molar-refractivity contribution in [3.8, 4) is 6.07 Å². The van der Waals surface area contributed by atoms with E-state index in [-0.39, 0.29) is 31.0 Å². The van der Waals surface area contributed by atoms with Crippen LogP contribution in [0.1, 0.15) is 40.7 Å². The first kappa shape index (κ1) is 29.1. The predicted octanol–water partition coefficient (Wildman–Crippen LogP) is 7.11. The third-order valence-corrected chi connectivity index (χ3v) is 7.48. The number of amides is 1. The van der Waals surface area contributed by atoms with Crippen LogP contribution in [0.25, 0.3) is 0 Å². The van der Waals surface area contributed by atoms with Gasteiger partial charge in [-0.05, 0) is 41.0 Å². The smallest absolute Gasteiger partial charge is 0.341 e. The van der Waals surface area contributed by atoms with Crippen molar-refractivity contribution in [1.82, 2.24) is 4.90 Å². The van der Waals surface area contributed by atoms with Gasteiger partial charge in [-0.2, -0.15) is 31.6 Å². The maximum Gasteiger partial charge on any atom is 0.435 e. The largest absolute Gasteiger partial charge is 0.435 e. The molecule has 3 nitrogen and oxygen atoms in total. The number of hydrogen-bond donors (Lipinski definition) is 0. The highest BCUT2D eigenvalue weighted by Gasteiger charge is 2.73. The minimum Gasteiger partial charge on any atom is -0.341 e. The first-order valence-corrected chi connectivity index (χ1v) is 12.1.